The molecule has 0 atom stereocenters. The fourth-order valence-corrected chi connectivity index (χ4v) is 5.40. The Balaban J connectivity index is 1.27. The molecule has 1 aromatic heterocycles. The molecule has 2 bridgehead atoms. The summed E-state index contributed by atoms with van der Waals surface area (Å²) < 4.78 is 2.15. The number of nitrogens with one attached hydrogen (secondary N) is 1. The van der Waals surface area contributed by atoms with Crippen LogP contribution in [0.15, 0.2) is 30.3 Å². The van der Waals surface area contributed by atoms with Crippen molar-refractivity contribution in [3.05, 3.63) is 47.3 Å². The molecule has 0 radical (unpaired) electrons. The Hall–Kier alpha value is -2.28. The van der Waals surface area contributed by atoms with E-state index >= 15 is 0 Å². The van der Waals surface area contributed by atoms with Gasteiger partial charge < -0.3 is 5.32 Å². The van der Waals surface area contributed by atoms with Crippen LogP contribution in [-0.2, 0) is 12.5 Å². The van der Waals surface area contributed by atoms with Crippen LogP contribution in [-0.4, -0.2) is 16.3 Å². The average Bonchev–Trinajstić information content (AvgIpc) is 3.49. The van der Waals surface area contributed by atoms with E-state index in [0.29, 0.717) is 10.8 Å². The second-order valence-corrected chi connectivity index (χ2v) is 9.18. The Labute approximate surface area is 161 Å². The van der Waals surface area contributed by atoms with Crippen LogP contribution in [0.25, 0.3) is 0 Å². The minimum atomic E-state index is 0.327. The smallest absolute Gasteiger partial charge is 0.0992 e. The maximum atomic E-state index is 9.09. The predicted molar refractivity (Wildman–Crippen MR) is 107 cm³/mol. The minimum absolute atomic E-state index is 0.327. The number of hydrogen-bond donors (Lipinski definition) is 1. The molecule has 0 unspecified atom stereocenters. The number of anilines is 1. The van der Waals surface area contributed by atoms with Gasteiger partial charge in [-0.25, -0.2) is 0 Å². The first kappa shape index (κ1) is 16.9. The molecular formula is C23H28N4. The molecule has 6 rings (SSSR count). The minimum Gasteiger partial charge on any atom is -0.384 e. The van der Waals surface area contributed by atoms with Crippen molar-refractivity contribution in [2.24, 2.45) is 12.5 Å². The Morgan fingerprint density at radius 3 is 2.56 bits per heavy atom. The molecule has 0 aliphatic heterocycles. The van der Waals surface area contributed by atoms with E-state index in [-0.39, 0.29) is 0 Å². The summed E-state index contributed by atoms with van der Waals surface area (Å²) in [6.45, 7) is 1.02. The molecule has 2 aromatic rings. The van der Waals surface area contributed by atoms with E-state index in [0.717, 1.165) is 23.7 Å². The van der Waals surface area contributed by atoms with Gasteiger partial charge in [-0.2, -0.15) is 10.4 Å². The van der Waals surface area contributed by atoms with Crippen molar-refractivity contribution in [3.63, 3.8) is 0 Å². The zero-order valence-corrected chi connectivity index (χ0v) is 16.2. The first-order valence-electron chi connectivity index (χ1n) is 10.4. The van der Waals surface area contributed by atoms with E-state index in [4.69, 9.17) is 10.4 Å². The van der Waals surface area contributed by atoms with E-state index in [2.05, 4.69) is 35.2 Å². The zero-order chi connectivity index (χ0) is 18.5. The Morgan fingerprint density at radius 1 is 1.15 bits per heavy atom. The molecule has 4 nitrogen and oxygen atoms in total. The fourth-order valence-electron chi connectivity index (χ4n) is 5.40. The highest BCUT2D eigenvalue weighted by Gasteiger charge is 2.50. The predicted octanol–water partition coefficient (Wildman–Crippen LogP) is 4.87. The molecule has 4 fully saturated rings. The number of benzene rings is 1. The lowest BCUT2D eigenvalue weighted by Crippen LogP contribution is -2.47. The summed E-state index contributed by atoms with van der Waals surface area (Å²) in [7, 11) is 2.13. The monoisotopic (exact) mass is 360 g/mol. The van der Waals surface area contributed by atoms with Gasteiger partial charge in [0.1, 0.15) is 0 Å². The highest BCUT2D eigenvalue weighted by molar-refractivity contribution is 5.49. The van der Waals surface area contributed by atoms with Gasteiger partial charge in [-0.15, -0.1) is 0 Å². The van der Waals surface area contributed by atoms with Gasteiger partial charge in [-0.05, 0) is 81.0 Å². The SMILES string of the molecule is Cn1nc(C23CCC(CNc4cccc(C#N)c4)(CC2)CC3)cc1C1CC1. The summed E-state index contributed by atoms with van der Waals surface area (Å²) in [5, 5.41) is 17.7. The highest BCUT2D eigenvalue weighted by Crippen LogP contribution is 2.57. The second-order valence-electron chi connectivity index (χ2n) is 9.18. The number of fused-ring (bicyclic) bond motifs is 3. The Kier molecular flexibility index (Phi) is 3.82. The molecule has 27 heavy (non-hydrogen) atoms. The van der Waals surface area contributed by atoms with E-state index in [1.165, 1.54) is 62.8 Å². The van der Waals surface area contributed by atoms with Crippen molar-refractivity contribution in [1.29, 1.82) is 5.26 Å². The van der Waals surface area contributed by atoms with Crippen LogP contribution in [0.4, 0.5) is 5.69 Å². The van der Waals surface area contributed by atoms with E-state index in [9.17, 15) is 0 Å². The Bertz CT molecular complexity index is 875. The average molecular weight is 361 g/mol. The van der Waals surface area contributed by atoms with Crippen LogP contribution in [0, 0.1) is 16.7 Å². The summed E-state index contributed by atoms with van der Waals surface area (Å²) in [5.41, 5.74) is 5.37. The molecule has 1 N–H and O–H groups in total. The Morgan fingerprint density at radius 2 is 1.89 bits per heavy atom. The third kappa shape index (κ3) is 2.94. The van der Waals surface area contributed by atoms with Crippen molar-refractivity contribution in [3.8, 4) is 6.07 Å². The molecule has 4 aliphatic rings. The summed E-state index contributed by atoms with van der Waals surface area (Å²) in [4.78, 5) is 0. The van der Waals surface area contributed by atoms with Gasteiger partial charge in [0.25, 0.3) is 0 Å². The van der Waals surface area contributed by atoms with Crippen LogP contribution in [0.3, 0.4) is 0 Å². The molecule has 4 aliphatic carbocycles. The fraction of sp³-hybridized carbons (Fsp3) is 0.565. The molecule has 0 amide bonds. The van der Waals surface area contributed by atoms with Crippen LogP contribution in [0.5, 0.6) is 0 Å². The molecule has 4 saturated carbocycles. The van der Waals surface area contributed by atoms with Crippen molar-refractivity contribution < 1.29 is 0 Å². The zero-order valence-electron chi connectivity index (χ0n) is 16.2. The normalized spacial score (nSPS) is 29.5. The van der Waals surface area contributed by atoms with Crippen molar-refractivity contribution in [2.75, 3.05) is 11.9 Å². The first-order chi connectivity index (χ1) is 13.1. The van der Waals surface area contributed by atoms with Crippen molar-refractivity contribution in [2.45, 2.75) is 62.7 Å². The molecule has 1 aromatic carbocycles. The number of aromatic nitrogens is 2. The van der Waals surface area contributed by atoms with Gasteiger partial charge in [0.2, 0.25) is 0 Å². The topological polar surface area (TPSA) is 53.6 Å². The number of nitriles is 1. The maximum absolute atomic E-state index is 9.09. The van der Waals surface area contributed by atoms with E-state index < -0.39 is 0 Å². The molecule has 1 heterocycles. The summed E-state index contributed by atoms with van der Waals surface area (Å²) in [5.74, 6) is 0.771. The van der Waals surface area contributed by atoms with Crippen LogP contribution in [0.1, 0.15) is 74.2 Å². The first-order valence-corrected chi connectivity index (χ1v) is 10.4. The number of hydrogen-bond acceptors (Lipinski definition) is 3. The lowest BCUT2D eigenvalue weighted by Gasteiger charge is -2.53. The number of nitrogens with zero attached hydrogens (tertiary/aromatic N) is 3. The van der Waals surface area contributed by atoms with Gasteiger partial charge in [0.15, 0.2) is 0 Å². The summed E-state index contributed by atoms with van der Waals surface area (Å²) >= 11 is 0. The van der Waals surface area contributed by atoms with Gasteiger partial charge in [0.05, 0.1) is 17.3 Å². The molecule has 0 spiro atoms. The lowest BCUT2D eigenvalue weighted by atomic mass is 9.52. The van der Waals surface area contributed by atoms with Gasteiger partial charge in [0, 0.05) is 36.3 Å². The second kappa shape index (κ2) is 6.12. The summed E-state index contributed by atoms with van der Waals surface area (Å²) in [6, 6.07) is 12.5. The van der Waals surface area contributed by atoms with Gasteiger partial charge in [-0.1, -0.05) is 6.07 Å². The third-order valence-corrected chi connectivity index (χ3v) is 7.52. The van der Waals surface area contributed by atoms with E-state index in [1.54, 1.807) is 0 Å². The maximum Gasteiger partial charge on any atom is 0.0992 e. The largest absolute Gasteiger partial charge is 0.384 e. The highest BCUT2D eigenvalue weighted by atomic mass is 15.3. The van der Waals surface area contributed by atoms with Gasteiger partial charge >= 0.3 is 0 Å². The third-order valence-electron chi connectivity index (χ3n) is 7.52. The van der Waals surface area contributed by atoms with Crippen LogP contribution >= 0.6 is 0 Å². The molecular weight excluding hydrogens is 332 g/mol. The van der Waals surface area contributed by atoms with Crippen LogP contribution < -0.4 is 5.32 Å². The van der Waals surface area contributed by atoms with Crippen LogP contribution in [0.2, 0.25) is 0 Å². The molecule has 4 heteroatoms. The molecule has 140 valence electrons. The van der Waals surface area contributed by atoms with Crippen molar-refractivity contribution >= 4 is 5.69 Å². The van der Waals surface area contributed by atoms with Crippen molar-refractivity contribution in [1.82, 2.24) is 9.78 Å². The van der Waals surface area contributed by atoms with E-state index in [1.807, 2.05) is 18.2 Å². The lowest BCUT2D eigenvalue weighted by molar-refractivity contribution is 0.0480. The van der Waals surface area contributed by atoms with Gasteiger partial charge in [-0.3, -0.25) is 4.68 Å². The quantitative estimate of drug-likeness (QED) is 0.827. The number of rotatable bonds is 5. The number of aryl methyl sites for hydroxylation is 1. The standard InChI is InChI=1S/C23H28N4/c1-27-20(18-5-6-18)14-21(26-27)23-10-7-22(8-11-23,9-12-23)16-25-19-4-2-3-17(13-19)15-24/h2-4,13-14,18,25H,5-12,16H2,1H3. The molecule has 0 saturated heterocycles. The summed E-state index contributed by atoms with van der Waals surface area (Å²) in [6.07, 6.45) is 10.4.